The fourth-order valence-electron chi connectivity index (χ4n) is 2.05. The first kappa shape index (κ1) is 16.9. The molecule has 1 unspecified atom stereocenters. The number of unbranched alkanes of at least 4 members (excludes halogenated alkanes) is 1. The Bertz CT molecular complexity index is 515. The number of anilines is 1. The number of nitro benzene ring substituents is 1. The summed E-state index contributed by atoms with van der Waals surface area (Å²) in [6.45, 7) is 4.09. The Balaban J connectivity index is 3.04. The number of nitrogens with one attached hydrogen (secondary N) is 1. The SMILES string of the molecule is CCCCC(C)Nc1cc(C(=O)N(C)C)ccc1[N+](=O)[O-]. The van der Waals surface area contributed by atoms with E-state index in [0.717, 1.165) is 19.3 Å². The van der Waals surface area contributed by atoms with Crippen LogP contribution < -0.4 is 5.32 Å². The summed E-state index contributed by atoms with van der Waals surface area (Å²) in [5.41, 5.74) is 0.834. The molecule has 0 aliphatic carbocycles. The highest BCUT2D eigenvalue weighted by molar-refractivity contribution is 5.95. The van der Waals surface area contributed by atoms with Crippen molar-refractivity contribution in [2.24, 2.45) is 0 Å². The van der Waals surface area contributed by atoms with Gasteiger partial charge in [-0.2, -0.15) is 0 Å². The molecule has 1 aromatic rings. The summed E-state index contributed by atoms with van der Waals surface area (Å²) in [5.74, 6) is -0.172. The first-order valence-corrected chi connectivity index (χ1v) is 7.13. The lowest BCUT2D eigenvalue weighted by atomic mass is 10.1. The van der Waals surface area contributed by atoms with E-state index in [0.29, 0.717) is 11.3 Å². The van der Waals surface area contributed by atoms with Crippen molar-refractivity contribution in [1.29, 1.82) is 0 Å². The van der Waals surface area contributed by atoms with Gasteiger partial charge in [-0.05, 0) is 25.5 Å². The maximum atomic E-state index is 12.0. The smallest absolute Gasteiger partial charge is 0.292 e. The van der Waals surface area contributed by atoms with Crippen molar-refractivity contribution in [3.63, 3.8) is 0 Å². The van der Waals surface area contributed by atoms with E-state index in [1.165, 1.54) is 17.0 Å². The maximum Gasteiger partial charge on any atom is 0.292 e. The molecule has 0 saturated heterocycles. The van der Waals surface area contributed by atoms with Gasteiger partial charge < -0.3 is 10.2 Å². The van der Waals surface area contributed by atoms with E-state index in [1.807, 2.05) is 6.92 Å². The van der Waals surface area contributed by atoms with Crippen molar-refractivity contribution in [3.05, 3.63) is 33.9 Å². The monoisotopic (exact) mass is 293 g/mol. The van der Waals surface area contributed by atoms with Gasteiger partial charge in [-0.3, -0.25) is 14.9 Å². The zero-order valence-corrected chi connectivity index (χ0v) is 13.0. The van der Waals surface area contributed by atoms with Crippen LogP contribution in [0.25, 0.3) is 0 Å². The molecule has 0 aliphatic heterocycles. The normalized spacial score (nSPS) is 11.8. The van der Waals surface area contributed by atoms with E-state index in [4.69, 9.17) is 0 Å². The van der Waals surface area contributed by atoms with Gasteiger partial charge in [-0.25, -0.2) is 0 Å². The van der Waals surface area contributed by atoms with Crippen LogP contribution in [0.4, 0.5) is 11.4 Å². The Kier molecular flexibility index (Phi) is 6.14. The van der Waals surface area contributed by atoms with Gasteiger partial charge in [-0.1, -0.05) is 19.8 Å². The molecular formula is C15H23N3O3. The van der Waals surface area contributed by atoms with Crippen molar-refractivity contribution in [3.8, 4) is 0 Å². The lowest BCUT2D eigenvalue weighted by molar-refractivity contribution is -0.384. The second-order valence-electron chi connectivity index (χ2n) is 5.38. The van der Waals surface area contributed by atoms with Gasteiger partial charge in [0.2, 0.25) is 0 Å². The molecule has 0 saturated carbocycles. The van der Waals surface area contributed by atoms with Crippen molar-refractivity contribution in [2.75, 3.05) is 19.4 Å². The lowest BCUT2D eigenvalue weighted by Crippen LogP contribution is -2.22. The summed E-state index contributed by atoms with van der Waals surface area (Å²) in [6.07, 6.45) is 3.06. The van der Waals surface area contributed by atoms with Crippen LogP contribution in [0, 0.1) is 10.1 Å². The Morgan fingerprint density at radius 3 is 2.62 bits per heavy atom. The Morgan fingerprint density at radius 2 is 2.10 bits per heavy atom. The minimum Gasteiger partial charge on any atom is -0.377 e. The molecule has 1 aromatic carbocycles. The standard InChI is InChI=1S/C15H23N3O3/c1-5-6-7-11(2)16-13-10-12(15(19)17(3)4)8-9-14(13)18(20)21/h8-11,16H,5-7H2,1-4H3. The summed E-state index contributed by atoms with van der Waals surface area (Å²) >= 11 is 0. The van der Waals surface area contributed by atoms with Gasteiger partial charge in [-0.15, -0.1) is 0 Å². The quantitative estimate of drug-likeness (QED) is 0.618. The van der Waals surface area contributed by atoms with Gasteiger partial charge in [0.15, 0.2) is 0 Å². The second-order valence-corrected chi connectivity index (χ2v) is 5.38. The average Bonchev–Trinajstić information content (AvgIpc) is 2.43. The van der Waals surface area contributed by atoms with E-state index < -0.39 is 4.92 Å². The molecule has 1 N–H and O–H groups in total. The summed E-state index contributed by atoms with van der Waals surface area (Å²) < 4.78 is 0. The largest absolute Gasteiger partial charge is 0.377 e. The molecule has 21 heavy (non-hydrogen) atoms. The van der Waals surface area contributed by atoms with Gasteiger partial charge >= 0.3 is 0 Å². The molecule has 0 bridgehead atoms. The molecule has 116 valence electrons. The van der Waals surface area contributed by atoms with Crippen molar-refractivity contribution < 1.29 is 9.72 Å². The van der Waals surface area contributed by atoms with Crippen molar-refractivity contribution >= 4 is 17.3 Å². The van der Waals surface area contributed by atoms with Gasteiger partial charge in [0.25, 0.3) is 11.6 Å². The molecule has 0 aliphatic rings. The number of amides is 1. The van der Waals surface area contributed by atoms with E-state index in [1.54, 1.807) is 20.2 Å². The molecule has 1 rings (SSSR count). The molecule has 1 amide bonds. The molecule has 0 spiro atoms. The van der Waals surface area contributed by atoms with Crippen LogP contribution in [0.5, 0.6) is 0 Å². The van der Waals surface area contributed by atoms with Crippen molar-refractivity contribution in [2.45, 2.75) is 39.2 Å². The molecule has 6 heteroatoms. The molecule has 0 aromatic heterocycles. The number of hydrogen-bond acceptors (Lipinski definition) is 4. The fraction of sp³-hybridized carbons (Fsp3) is 0.533. The number of rotatable bonds is 7. The number of carbonyl (C=O) groups excluding carboxylic acids is 1. The zero-order chi connectivity index (χ0) is 16.0. The minimum absolute atomic E-state index is 0.00588. The summed E-state index contributed by atoms with van der Waals surface area (Å²) in [6, 6.07) is 4.55. The fourth-order valence-corrected chi connectivity index (χ4v) is 2.05. The third kappa shape index (κ3) is 4.73. The maximum absolute atomic E-state index is 12.0. The van der Waals surface area contributed by atoms with Gasteiger partial charge in [0.1, 0.15) is 5.69 Å². The van der Waals surface area contributed by atoms with E-state index in [2.05, 4.69) is 12.2 Å². The molecule has 6 nitrogen and oxygen atoms in total. The number of benzene rings is 1. The predicted molar refractivity (Wildman–Crippen MR) is 83.7 cm³/mol. The summed E-state index contributed by atoms with van der Waals surface area (Å²) in [4.78, 5) is 24.1. The van der Waals surface area contributed by atoms with E-state index >= 15 is 0 Å². The highest BCUT2D eigenvalue weighted by Gasteiger charge is 2.18. The third-order valence-electron chi connectivity index (χ3n) is 3.24. The molecule has 0 fully saturated rings. The van der Waals surface area contributed by atoms with Crippen LogP contribution >= 0.6 is 0 Å². The van der Waals surface area contributed by atoms with E-state index in [9.17, 15) is 14.9 Å². The van der Waals surface area contributed by atoms with Crippen molar-refractivity contribution in [1.82, 2.24) is 4.90 Å². The summed E-state index contributed by atoms with van der Waals surface area (Å²) in [7, 11) is 3.31. The predicted octanol–water partition coefficient (Wildman–Crippen LogP) is 3.29. The van der Waals surface area contributed by atoms with Crippen LogP contribution in [0.15, 0.2) is 18.2 Å². The topological polar surface area (TPSA) is 75.5 Å². The average molecular weight is 293 g/mol. The Morgan fingerprint density at radius 1 is 1.43 bits per heavy atom. The van der Waals surface area contributed by atoms with Crippen LogP contribution in [0.1, 0.15) is 43.5 Å². The highest BCUT2D eigenvalue weighted by atomic mass is 16.6. The molecule has 0 radical (unpaired) electrons. The van der Waals surface area contributed by atoms with Crippen LogP contribution in [0.3, 0.4) is 0 Å². The zero-order valence-electron chi connectivity index (χ0n) is 13.0. The number of hydrogen-bond donors (Lipinski definition) is 1. The third-order valence-corrected chi connectivity index (χ3v) is 3.24. The van der Waals surface area contributed by atoms with Crippen LogP contribution in [0.2, 0.25) is 0 Å². The number of nitro groups is 1. The molecular weight excluding hydrogens is 270 g/mol. The number of nitrogens with zero attached hydrogens (tertiary/aromatic N) is 2. The first-order valence-electron chi connectivity index (χ1n) is 7.13. The van der Waals surface area contributed by atoms with Gasteiger partial charge in [0, 0.05) is 31.8 Å². The number of carbonyl (C=O) groups is 1. The minimum atomic E-state index is -0.432. The van der Waals surface area contributed by atoms with Crippen LogP contribution in [-0.4, -0.2) is 35.9 Å². The van der Waals surface area contributed by atoms with E-state index in [-0.39, 0.29) is 17.6 Å². The lowest BCUT2D eigenvalue weighted by Gasteiger charge is -2.16. The first-order chi connectivity index (χ1) is 9.86. The Labute approximate surface area is 125 Å². The van der Waals surface area contributed by atoms with Gasteiger partial charge in [0.05, 0.1) is 4.92 Å². The highest BCUT2D eigenvalue weighted by Crippen LogP contribution is 2.27. The summed E-state index contributed by atoms with van der Waals surface area (Å²) in [5, 5.41) is 14.3. The molecule has 1 atom stereocenters. The van der Waals surface area contributed by atoms with Crippen LogP contribution in [-0.2, 0) is 0 Å². The Hall–Kier alpha value is -2.11. The second kappa shape index (κ2) is 7.61. The molecule has 0 heterocycles.